The third-order valence-corrected chi connectivity index (χ3v) is 16.1. The van der Waals surface area contributed by atoms with Gasteiger partial charge in [0.15, 0.2) is 0 Å². The zero-order chi connectivity index (χ0) is 39.0. The third kappa shape index (κ3) is 4.83. The van der Waals surface area contributed by atoms with Crippen LogP contribution in [-0.2, 0) is 16.2 Å². The molecule has 0 radical (unpaired) electrons. The average molecular weight is 752 g/mol. The Labute approximate surface area is 344 Å². The number of nitrogens with zero attached hydrogens (tertiary/aromatic N) is 1. The second-order valence-electron chi connectivity index (χ2n) is 20.0. The van der Waals surface area contributed by atoms with Crippen LogP contribution in [0.25, 0.3) is 44.2 Å². The second kappa shape index (κ2) is 12.3. The molecule has 1 nitrogen and oxygen atoms in total. The van der Waals surface area contributed by atoms with E-state index in [4.69, 9.17) is 0 Å². The van der Waals surface area contributed by atoms with Gasteiger partial charge in [-0.05, 0) is 170 Å². The van der Waals surface area contributed by atoms with E-state index in [1.807, 2.05) is 0 Å². The van der Waals surface area contributed by atoms with E-state index in [1.54, 1.807) is 11.1 Å². The minimum Gasteiger partial charge on any atom is -0.310 e. The van der Waals surface area contributed by atoms with Crippen molar-refractivity contribution in [2.45, 2.75) is 82.5 Å². The Bertz CT molecular complexity index is 2780. The number of benzene rings is 7. The molecule has 0 aromatic heterocycles. The molecule has 0 N–H and O–H groups in total. The van der Waals surface area contributed by atoms with Gasteiger partial charge < -0.3 is 4.90 Å². The van der Waals surface area contributed by atoms with E-state index in [9.17, 15) is 0 Å². The third-order valence-electron chi connectivity index (χ3n) is 16.1. The molecule has 5 unspecified atom stereocenters. The first-order valence-electron chi connectivity index (χ1n) is 22.1. The van der Waals surface area contributed by atoms with Crippen molar-refractivity contribution in [3.63, 3.8) is 0 Å². The molecule has 7 aromatic rings. The quantitative estimate of drug-likeness (QED) is 0.169. The first-order chi connectivity index (χ1) is 28.2. The van der Waals surface area contributed by atoms with Crippen LogP contribution in [-0.4, -0.2) is 0 Å². The van der Waals surface area contributed by atoms with E-state index in [2.05, 4.69) is 184 Å². The summed E-state index contributed by atoms with van der Waals surface area (Å²) in [6.07, 6.45) is 8.04. The summed E-state index contributed by atoms with van der Waals surface area (Å²) in [5, 5.41) is 2.55. The fourth-order valence-corrected chi connectivity index (χ4v) is 13.6. The molecule has 4 fully saturated rings. The first-order valence-corrected chi connectivity index (χ1v) is 22.1. The zero-order valence-corrected chi connectivity index (χ0v) is 34.4. The number of anilines is 3. The fourth-order valence-electron chi connectivity index (χ4n) is 13.6. The molecule has 13 rings (SSSR count). The molecule has 0 amide bonds. The Balaban J connectivity index is 1.06. The van der Waals surface area contributed by atoms with Gasteiger partial charge in [0.1, 0.15) is 0 Å². The van der Waals surface area contributed by atoms with Gasteiger partial charge in [-0.15, -0.1) is 0 Å². The van der Waals surface area contributed by atoms with Crippen molar-refractivity contribution in [1.82, 2.24) is 0 Å². The van der Waals surface area contributed by atoms with Crippen LogP contribution in [0, 0.1) is 23.7 Å². The molecule has 4 bridgehead atoms. The van der Waals surface area contributed by atoms with Gasteiger partial charge in [0.2, 0.25) is 0 Å². The highest BCUT2D eigenvalue weighted by atomic mass is 15.1. The highest BCUT2D eigenvalue weighted by Crippen LogP contribution is 2.73. The predicted octanol–water partition coefficient (Wildman–Crippen LogP) is 15.3. The molecule has 1 heteroatoms. The molecule has 1 spiro atoms. The van der Waals surface area contributed by atoms with E-state index in [-0.39, 0.29) is 16.2 Å². The van der Waals surface area contributed by atoms with Crippen molar-refractivity contribution in [3.8, 4) is 33.4 Å². The van der Waals surface area contributed by atoms with Gasteiger partial charge in [0, 0.05) is 22.4 Å². The maximum atomic E-state index is 2.59. The topological polar surface area (TPSA) is 3.24 Å². The van der Waals surface area contributed by atoms with Crippen LogP contribution in [0.5, 0.6) is 0 Å². The molecule has 0 heterocycles. The molecular formula is C57H53N. The fraction of sp³-hybridized carbons (Fsp3) is 0.298. The van der Waals surface area contributed by atoms with Gasteiger partial charge in [0.05, 0.1) is 5.69 Å². The zero-order valence-electron chi connectivity index (χ0n) is 34.4. The predicted molar refractivity (Wildman–Crippen MR) is 243 cm³/mol. The lowest BCUT2D eigenvalue weighted by atomic mass is 9.59. The van der Waals surface area contributed by atoms with E-state index >= 15 is 0 Å². The minimum absolute atomic E-state index is 0.105. The summed E-state index contributed by atoms with van der Waals surface area (Å²) in [5.74, 6) is 3.29. The lowest BCUT2D eigenvalue weighted by Crippen LogP contribution is -2.40. The number of rotatable bonds is 5. The Morgan fingerprint density at radius 2 is 1.19 bits per heavy atom. The van der Waals surface area contributed by atoms with Crippen LogP contribution >= 0.6 is 0 Å². The van der Waals surface area contributed by atoms with Gasteiger partial charge in [-0.2, -0.15) is 0 Å². The number of fused-ring (bicyclic) bond motifs is 5. The van der Waals surface area contributed by atoms with Gasteiger partial charge in [-0.3, -0.25) is 0 Å². The van der Waals surface area contributed by atoms with Crippen molar-refractivity contribution >= 4 is 27.8 Å². The molecule has 6 aliphatic rings. The molecule has 5 atom stereocenters. The standard InChI is InChI=1S/C57H53N/c1-55(2)28-29-56(3,4)54-46(17-10-20-50(54)55)41-14-9-15-45(35-41)58(44-26-24-38(25-27-44)40-23-22-37-12-5-6-13-39(37)33-40)52-21-11-19-49-53(52)47-16-7-8-18-48(47)57(49)43-31-36-30-42(34-43)51(57)32-36/h5-27,33,35-36,42-43,51H,28-32,34H2,1-4H3. The van der Waals surface area contributed by atoms with Crippen molar-refractivity contribution in [3.05, 3.63) is 174 Å². The van der Waals surface area contributed by atoms with Crippen LogP contribution < -0.4 is 4.90 Å². The highest BCUT2D eigenvalue weighted by molar-refractivity contribution is 5.96. The normalized spacial score (nSPS) is 25.2. The second-order valence-corrected chi connectivity index (χ2v) is 20.0. The Morgan fingerprint density at radius 1 is 0.483 bits per heavy atom. The maximum Gasteiger partial charge on any atom is 0.0543 e. The molecule has 58 heavy (non-hydrogen) atoms. The summed E-state index contributed by atoms with van der Waals surface area (Å²) < 4.78 is 0. The van der Waals surface area contributed by atoms with Crippen molar-refractivity contribution in [2.75, 3.05) is 4.90 Å². The molecule has 286 valence electrons. The van der Waals surface area contributed by atoms with Crippen LogP contribution in [0.3, 0.4) is 0 Å². The highest BCUT2D eigenvalue weighted by Gasteiger charge is 2.66. The van der Waals surface area contributed by atoms with Gasteiger partial charge >= 0.3 is 0 Å². The lowest BCUT2D eigenvalue weighted by molar-refractivity contribution is 0.191. The minimum atomic E-state index is 0.105. The van der Waals surface area contributed by atoms with Crippen LogP contribution in [0.15, 0.2) is 152 Å². The monoisotopic (exact) mass is 751 g/mol. The number of hydrogen-bond acceptors (Lipinski definition) is 1. The van der Waals surface area contributed by atoms with Crippen LogP contribution in [0.2, 0.25) is 0 Å². The van der Waals surface area contributed by atoms with Crippen molar-refractivity contribution in [1.29, 1.82) is 0 Å². The molecular weight excluding hydrogens is 699 g/mol. The van der Waals surface area contributed by atoms with Gasteiger partial charge in [-0.25, -0.2) is 0 Å². The van der Waals surface area contributed by atoms with E-state index in [1.165, 1.54) is 111 Å². The molecule has 0 aliphatic heterocycles. The van der Waals surface area contributed by atoms with Gasteiger partial charge in [-0.1, -0.05) is 143 Å². The van der Waals surface area contributed by atoms with E-state index in [0.717, 1.165) is 23.7 Å². The molecule has 4 saturated carbocycles. The summed E-state index contributed by atoms with van der Waals surface area (Å²) in [7, 11) is 0. The van der Waals surface area contributed by atoms with Gasteiger partial charge in [0.25, 0.3) is 0 Å². The van der Waals surface area contributed by atoms with Crippen molar-refractivity contribution in [2.24, 2.45) is 23.7 Å². The van der Waals surface area contributed by atoms with Crippen molar-refractivity contribution < 1.29 is 0 Å². The summed E-state index contributed by atoms with van der Waals surface area (Å²) in [5.41, 5.74) is 18.4. The smallest absolute Gasteiger partial charge is 0.0543 e. The summed E-state index contributed by atoms with van der Waals surface area (Å²) in [4.78, 5) is 2.59. The summed E-state index contributed by atoms with van der Waals surface area (Å²) in [6, 6.07) is 58.4. The Morgan fingerprint density at radius 3 is 2.05 bits per heavy atom. The maximum absolute atomic E-state index is 2.59. The SMILES string of the molecule is CC1(C)CCC(C)(C)c2c(-c3cccc(N(c4ccc(-c5ccc6ccccc6c5)cc4)c4cccc5c4-c4ccccc4C54C5CC6CC(C5)C4C6)c3)cccc21. The van der Waals surface area contributed by atoms with E-state index < -0.39 is 0 Å². The average Bonchev–Trinajstić information content (AvgIpc) is 3.80. The Kier molecular flexibility index (Phi) is 7.35. The Hall–Kier alpha value is -5.40. The number of hydrogen-bond donors (Lipinski definition) is 0. The van der Waals surface area contributed by atoms with Crippen LogP contribution in [0.4, 0.5) is 17.1 Å². The summed E-state index contributed by atoms with van der Waals surface area (Å²) in [6.45, 7) is 9.79. The van der Waals surface area contributed by atoms with Crippen LogP contribution in [0.1, 0.15) is 88.5 Å². The largest absolute Gasteiger partial charge is 0.310 e. The van der Waals surface area contributed by atoms with E-state index in [0.29, 0.717) is 0 Å². The molecule has 7 aromatic carbocycles. The first kappa shape index (κ1) is 34.6. The summed E-state index contributed by atoms with van der Waals surface area (Å²) >= 11 is 0. The molecule has 6 aliphatic carbocycles. The molecule has 0 saturated heterocycles. The lowest BCUT2D eigenvalue weighted by Gasteiger charge is -2.44.